The van der Waals surface area contributed by atoms with Gasteiger partial charge in [-0.05, 0) is 6.42 Å². The van der Waals surface area contributed by atoms with E-state index in [9.17, 15) is 4.79 Å². The number of carbonyl (C=O) groups excluding carboxylic acids is 1. The minimum absolute atomic E-state index is 0.0543. The molecule has 0 heterocycles. The molecule has 1 atom stereocenters. The van der Waals surface area contributed by atoms with Gasteiger partial charge in [-0.3, -0.25) is 4.79 Å². The molecule has 0 radical (unpaired) electrons. The number of amides is 1. The van der Waals surface area contributed by atoms with Crippen molar-refractivity contribution in [3.8, 4) is 12.3 Å². The zero-order chi connectivity index (χ0) is 8.69. The standard InChI is InChI=1S/C8H12BrNO/c1-3-5-7(4-2)10-8(11)6-9/h2,7H,3,5-6H2,1H3,(H,10,11). The molecule has 0 aromatic carbocycles. The number of hydrogen-bond acceptors (Lipinski definition) is 1. The van der Waals surface area contributed by atoms with Gasteiger partial charge in [-0.15, -0.1) is 6.42 Å². The first kappa shape index (κ1) is 10.5. The summed E-state index contributed by atoms with van der Waals surface area (Å²) >= 11 is 3.04. The van der Waals surface area contributed by atoms with E-state index in [2.05, 4.69) is 27.2 Å². The molecule has 0 aromatic heterocycles. The van der Waals surface area contributed by atoms with Crippen molar-refractivity contribution in [3.05, 3.63) is 0 Å². The summed E-state index contributed by atoms with van der Waals surface area (Å²) in [6, 6.07) is -0.106. The van der Waals surface area contributed by atoms with Gasteiger partial charge in [-0.25, -0.2) is 0 Å². The van der Waals surface area contributed by atoms with Crippen LogP contribution in [-0.4, -0.2) is 17.3 Å². The maximum Gasteiger partial charge on any atom is 0.231 e. The Morgan fingerprint density at radius 1 is 1.82 bits per heavy atom. The Morgan fingerprint density at radius 3 is 2.82 bits per heavy atom. The fraction of sp³-hybridized carbons (Fsp3) is 0.625. The van der Waals surface area contributed by atoms with Crippen LogP contribution in [0.3, 0.4) is 0 Å². The minimum Gasteiger partial charge on any atom is -0.342 e. The number of nitrogens with one attached hydrogen (secondary N) is 1. The Hall–Kier alpha value is -0.490. The molecule has 0 aliphatic heterocycles. The molecule has 0 spiro atoms. The van der Waals surface area contributed by atoms with Crippen molar-refractivity contribution in [2.45, 2.75) is 25.8 Å². The lowest BCUT2D eigenvalue weighted by molar-refractivity contribution is -0.118. The van der Waals surface area contributed by atoms with Crippen molar-refractivity contribution < 1.29 is 4.79 Å². The van der Waals surface area contributed by atoms with Gasteiger partial charge in [0.15, 0.2) is 0 Å². The number of alkyl halides is 1. The van der Waals surface area contributed by atoms with Crippen LogP contribution in [0.4, 0.5) is 0 Å². The molecule has 0 fully saturated rings. The third kappa shape index (κ3) is 4.86. The van der Waals surface area contributed by atoms with Crippen LogP contribution in [0.1, 0.15) is 19.8 Å². The third-order valence-electron chi connectivity index (χ3n) is 1.24. The molecule has 1 N–H and O–H groups in total. The fourth-order valence-electron chi connectivity index (χ4n) is 0.719. The Balaban J connectivity index is 3.70. The van der Waals surface area contributed by atoms with Crippen LogP contribution in [0, 0.1) is 12.3 Å². The van der Waals surface area contributed by atoms with Gasteiger partial charge in [-0.1, -0.05) is 35.2 Å². The van der Waals surface area contributed by atoms with Gasteiger partial charge in [0.2, 0.25) is 5.91 Å². The minimum atomic E-state index is -0.106. The van der Waals surface area contributed by atoms with Crippen molar-refractivity contribution in [3.63, 3.8) is 0 Å². The van der Waals surface area contributed by atoms with E-state index in [0.717, 1.165) is 12.8 Å². The van der Waals surface area contributed by atoms with Crippen LogP contribution >= 0.6 is 15.9 Å². The Morgan fingerprint density at radius 2 is 2.45 bits per heavy atom. The van der Waals surface area contributed by atoms with Crippen LogP contribution in [0.5, 0.6) is 0 Å². The first-order valence-electron chi connectivity index (χ1n) is 3.56. The smallest absolute Gasteiger partial charge is 0.231 e. The molecule has 0 aliphatic carbocycles. The summed E-state index contributed by atoms with van der Waals surface area (Å²) < 4.78 is 0. The van der Waals surface area contributed by atoms with Crippen molar-refractivity contribution in [2.75, 3.05) is 5.33 Å². The van der Waals surface area contributed by atoms with E-state index in [0.29, 0.717) is 5.33 Å². The predicted molar refractivity (Wildman–Crippen MR) is 49.5 cm³/mol. The normalized spacial score (nSPS) is 11.7. The van der Waals surface area contributed by atoms with Gasteiger partial charge in [0.1, 0.15) is 0 Å². The average molecular weight is 218 g/mol. The van der Waals surface area contributed by atoms with Crippen molar-refractivity contribution in [1.29, 1.82) is 0 Å². The first-order valence-corrected chi connectivity index (χ1v) is 4.68. The van der Waals surface area contributed by atoms with E-state index in [-0.39, 0.29) is 11.9 Å². The molecule has 0 saturated carbocycles. The lowest BCUT2D eigenvalue weighted by Crippen LogP contribution is -2.34. The molecule has 1 amide bonds. The maximum absolute atomic E-state index is 10.8. The van der Waals surface area contributed by atoms with Gasteiger partial charge in [-0.2, -0.15) is 0 Å². The zero-order valence-corrected chi connectivity index (χ0v) is 8.15. The molecule has 62 valence electrons. The van der Waals surface area contributed by atoms with Crippen LogP contribution in [0.2, 0.25) is 0 Å². The summed E-state index contributed by atoms with van der Waals surface area (Å²) in [5.41, 5.74) is 0. The Kier molecular flexibility index (Phi) is 5.96. The molecular weight excluding hydrogens is 206 g/mol. The number of hydrogen-bond donors (Lipinski definition) is 1. The first-order chi connectivity index (χ1) is 5.24. The van der Waals surface area contributed by atoms with Gasteiger partial charge < -0.3 is 5.32 Å². The van der Waals surface area contributed by atoms with E-state index in [1.165, 1.54) is 0 Å². The second-order valence-electron chi connectivity index (χ2n) is 2.21. The summed E-state index contributed by atoms with van der Waals surface area (Å²) in [5, 5.41) is 3.01. The Labute approximate surface area is 75.9 Å². The lowest BCUT2D eigenvalue weighted by atomic mass is 10.2. The van der Waals surface area contributed by atoms with Gasteiger partial charge in [0, 0.05) is 0 Å². The van der Waals surface area contributed by atoms with E-state index >= 15 is 0 Å². The highest BCUT2D eigenvalue weighted by molar-refractivity contribution is 9.09. The Bertz CT molecular complexity index is 162. The SMILES string of the molecule is C#CC(CCC)NC(=O)CBr. The highest BCUT2D eigenvalue weighted by atomic mass is 79.9. The zero-order valence-electron chi connectivity index (χ0n) is 6.56. The van der Waals surface area contributed by atoms with Crippen LogP contribution < -0.4 is 5.32 Å². The fourth-order valence-corrected chi connectivity index (χ4v) is 0.881. The quantitative estimate of drug-likeness (QED) is 0.559. The summed E-state index contributed by atoms with van der Waals surface area (Å²) in [4.78, 5) is 10.8. The number of terminal acetylenes is 1. The third-order valence-corrected chi connectivity index (χ3v) is 1.74. The number of rotatable bonds is 4. The molecule has 1 unspecified atom stereocenters. The second-order valence-corrected chi connectivity index (χ2v) is 2.77. The molecule has 3 heteroatoms. The largest absolute Gasteiger partial charge is 0.342 e. The van der Waals surface area contributed by atoms with Crippen LogP contribution in [0.25, 0.3) is 0 Å². The summed E-state index contributed by atoms with van der Waals surface area (Å²) in [7, 11) is 0. The molecule has 0 bridgehead atoms. The second kappa shape index (κ2) is 6.23. The molecule has 0 aromatic rings. The molecule has 0 aliphatic rings. The topological polar surface area (TPSA) is 29.1 Å². The van der Waals surface area contributed by atoms with Crippen molar-refractivity contribution in [2.24, 2.45) is 0 Å². The lowest BCUT2D eigenvalue weighted by Gasteiger charge is -2.09. The highest BCUT2D eigenvalue weighted by Crippen LogP contribution is 1.94. The molecule has 0 saturated heterocycles. The van der Waals surface area contributed by atoms with E-state index < -0.39 is 0 Å². The van der Waals surface area contributed by atoms with Crippen LogP contribution in [-0.2, 0) is 4.79 Å². The van der Waals surface area contributed by atoms with E-state index in [1.54, 1.807) is 0 Å². The maximum atomic E-state index is 10.8. The number of carbonyl (C=O) groups is 1. The monoisotopic (exact) mass is 217 g/mol. The van der Waals surface area contributed by atoms with Gasteiger partial charge in [0.05, 0.1) is 11.4 Å². The molecular formula is C8H12BrNO. The summed E-state index contributed by atoms with van der Waals surface area (Å²) in [5.74, 6) is 2.46. The summed E-state index contributed by atoms with van der Waals surface area (Å²) in [6.07, 6.45) is 7.01. The number of halogens is 1. The van der Waals surface area contributed by atoms with E-state index in [1.807, 2.05) is 6.92 Å². The van der Waals surface area contributed by atoms with E-state index in [4.69, 9.17) is 6.42 Å². The van der Waals surface area contributed by atoms with Gasteiger partial charge >= 0.3 is 0 Å². The van der Waals surface area contributed by atoms with Crippen molar-refractivity contribution in [1.82, 2.24) is 5.32 Å². The van der Waals surface area contributed by atoms with Gasteiger partial charge in [0.25, 0.3) is 0 Å². The summed E-state index contributed by atoms with van der Waals surface area (Å²) in [6.45, 7) is 2.03. The predicted octanol–water partition coefficient (Wildman–Crippen LogP) is 1.30. The average Bonchev–Trinajstić information content (AvgIpc) is 2.03. The van der Waals surface area contributed by atoms with Crippen LogP contribution in [0.15, 0.2) is 0 Å². The highest BCUT2D eigenvalue weighted by Gasteiger charge is 2.05. The molecule has 0 rings (SSSR count). The van der Waals surface area contributed by atoms with Crippen molar-refractivity contribution >= 4 is 21.8 Å². The molecule has 11 heavy (non-hydrogen) atoms. The molecule has 2 nitrogen and oxygen atoms in total.